The molecule has 0 fully saturated rings. The van der Waals surface area contributed by atoms with Crippen LogP contribution in [-0.2, 0) is 0 Å². The normalized spacial score (nSPS) is 11.7. The van der Waals surface area contributed by atoms with E-state index in [1.807, 2.05) is 0 Å². The van der Waals surface area contributed by atoms with Gasteiger partial charge in [-0.3, -0.25) is 0 Å². The number of carboxylic acids is 1. The van der Waals surface area contributed by atoms with E-state index in [1.54, 1.807) is 5.32 Å². The highest BCUT2D eigenvalue weighted by Crippen LogP contribution is 2.25. The van der Waals surface area contributed by atoms with E-state index in [-0.39, 0.29) is 0 Å². The monoisotopic (exact) mass is 287 g/mol. The molecule has 0 aliphatic heterocycles. The average Bonchev–Trinajstić information content (AvgIpc) is 2.30. The molecule has 1 rings (SSSR count). The zero-order valence-electron chi connectivity index (χ0n) is 9.06. The summed E-state index contributed by atoms with van der Waals surface area (Å²) in [6.45, 7) is -1.62. The molecule has 0 aliphatic carbocycles. The molecular formula is C10H7F6NO2. The molecule has 0 bridgehead atoms. The topological polar surface area (TPSA) is 49.3 Å². The fourth-order valence-corrected chi connectivity index (χ4v) is 1.14. The van der Waals surface area contributed by atoms with Crippen molar-refractivity contribution in [3.8, 4) is 0 Å². The largest absolute Gasteiger partial charge is 0.478 e. The van der Waals surface area contributed by atoms with Gasteiger partial charge in [-0.1, -0.05) is 0 Å². The Balaban J connectivity index is 2.93. The van der Waals surface area contributed by atoms with E-state index in [2.05, 4.69) is 0 Å². The lowest BCUT2D eigenvalue weighted by Gasteiger charge is -2.17. The van der Waals surface area contributed by atoms with E-state index in [4.69, 9.17) is 5.11 Å². The Morgan fingerprint density at radius 2 is 1.84 bits per heavy atom. The Kier molecular flexibility index (Phi) is 4.28. The quantitative estimate of drug-likeness (QED) is 0.818. The smallest absolute Gasteiger partial charge is 0.338 e. The number of benzene rings is 1. The van der Waals surface area contributed by atoms with E-state index in [0.29, 0.717) is 12.1 Å². The number of rotatable bonds is 5. The van der Waals surface area contributed by atoms with Crippen molar-refractivity contribution in [1.82, 2.24) is 0 Å². The third-order valence-electron chi connectivity index (χ3n) is 2.15. The predicted octanol–water partition coefficient (Wildman–Crippen LogP) is 2.98. The molecule has 0 aromatic heterocycles. The Morgan fingerprint density at radius 3 is 2.32 bits per heavy atom. The zero-order valence-corrected chi connectivity index (χ0v) is 9.06. The van der Waals surface area contributed by atoms with Crippen LogP contribution in [0.2, 0.25) is 0 Å². The van der Waals surface area contributed by atoms with Crippen LogP contribution in [0, 0.1) is 11.6 Å². The van der Waals surface area contributed by atoms with Crippen LogP contribution >= 0.6 is 0 Å². The van der Waals surface area contributed by atoms with Gasteiger partial charge in [0.05, 0.1) is 17.8 Å². The first-order chi connectivity index (χ1) is 8.66. The molecule has 0 radical (unpaired) electrons. The van der Waals surface area contributed by atoms with Crippen molar-refractivity contribution in [2.24, 2.45) is 0 Å². The molecule has 19 heavy (non-hydrogen) atoms. The Hall–Kier alpha value is -1.93. The van der Waals surface area contributed by atoms with Gasteiger partial charge in [0.15, 0.2) is 11.6 Å². The minimum Gasteiger partial charge on any atom is -0.478 e. The first kappa shape index (κ1) is 15.1. The van der Waals surface area contributed by atoms with Crippen molar-refractivity contribution in [3.63, 3.8) is 0 Å². The standard InChI is InChI=1S/C10H7F6NO2/c11-6-4(8(18)19)1-2-5(7(6)12)17-3-10(15,16)9(13)14/h1-2,9,17H,3H2,(H,18,19). The molecule has 106 valence electrons. The summed E-state index contributed by atoms with van der Waals surface area (Å²) in [5.74, 6) is -9.67. The molecule has 9 heteroatoms. The van der Waals surface area contributed by atoms with E-state index < -0.39 is 47.7 Å². The minimum absolute atomic E-state index is 0.629. The number of carboxylic acid groups (broad SMARTS) is 1. The third-order valence-corrected chi connectivity index (χ3v) is 2.15. The number of hydrogen-bond donors (Lipinski definition) is 2. The van der Waals surface area contributed by atoms with E-state index in [0.717, 1.165) is 0 Å². The fourth-order valence-electron chi connectivity index (χ4n) is 1.14. The molecule has 2 N–H and O–H groups in total. The molecule has 0 unspecified atom stereocenters. The second-order valence-corrected chi connectivity index (χ2v) is 3.51. The van der Waals surface area contributed by atoms with Gasteiger partial charge in [-0.2, -0.15) is 8.78 Å². The molecule has 0 spiro atoms. The lowest BCUT2D eigenvalue weighted by atomic mass is 10.1. The van der Waals surface area contributed by atoms with Crippen molar-refractivity contribution >= 4 is 11.7 Å². The average molecular weight is 287 g/mol. The van der Waals surface area contributed by atoms with Gasteiger partial charge in [0.1, 0.15) is 0 Å². The summed E-state index contributed by atoms with van der Waals surface area (Å²) >= 11 is 0. The number of nitrogens with one attached hydrogen (secondary N) is 1. The number of halogens is 6. The van der Waals surface area contributed by atoms with Crippen molar-refractivity contribution in [2.45, 2.75) is 12.3 Å². The van der Waals surface area contributed by atoms with Crippen LogP contribution in [0.5, 0.6) is 0 Å². The molecule has 0 aliphatic rings. The molecule has 0 saturated carbocycles. The Morgan fingerprint density at radius 1 is 1.26 bits per heavy atom. The second kappa shape index (κ2) is 5.37. The van der Waals surface area contributed by atoms with Crippen molar-refractivity contribution in [2.75, 3.05) is 11.9 Å². The summed E-state index contributed by atoms with van der Waals surface area (Å²) in [5.41, 5.74) is -1.83. The van der Waals surface area contributed by atoms with Gasteiger partial charge in [-0.15, -0.1) is 0 Å². The number of carbonyl (C=O) groups is 1. The molecule has 1 aromatic carbocycles. The highest BCUT2D eigenvalue weighted by atomic mass is 19.3. The van der Waals surface area contributed by atoms with E-state index >= 15 is 0 Å². The van der Waals surface area contributed by atoms with Crippen LogP contribution in [0.4, 0.5) is 32.0 Å². The number of alkyl halides is 4. The SMILES string of the molecule is O=C(O)c1ccc(NCC(F)(F)C(F)F)c(F)c1F. The predicted molar refractivity (Wildman–Crippen MR) is 52.8 cm³/mol. The van der Waals surface area contributed by atoms with Crippen LogP contribution < -0.4 is 5.32 Å². The summed E-state index contributed by atoms with van der Waals surface area (Å²) < 4.78 is 75.2. The number of anilines is 1. The molecule has 0 saturated heterocycles. The van der Waals surface area contributed by atoms with Gasteiger partial charge < -0.3 is 10.4 Å². The summed E-state index contributed by atoms with van der Waals surface area (Å²) in [7, 11) is 0. The summed E-state index contributed by atoms with van der Waals surface area (Å²) in [6, 6.07) is 1.30. The van der Waals surface area contributed by atoms with E-state index in [1.165, 1.54) is 0 Å². The number of aromatic carboxylic acids is 1. The highest BCUT2D eigenvalue weighted by molar-refractivity contribution is 5.88. The first-order valence-corrected chi connectivity index (χ1v) is 4.78. The number of hydrogen-bond acceptors (Lipinski definition) is 2. The molecule has 0 heterocycles. The molecule has 3 nitrogen and oxygen atoms in total. The summed E-state index contributed by atoms with van der Waals surface area (Å²) in [5, 5.41) is 10.1. The molecule has 0 atom stereocenters. The van der Waals surface area contributed by atoms with Crippen LogP contribution in [-0.4, -0.2) is 30.0 Å². The maximum absolute atomic E-state index is 13.3. The summed E-state index contributed by atoms with van der Waals surface area (Å²) in [6.07, 6.45) is -3.97. The molecule has 0 amide bonds. The van der Waals surface area contributed by atoms with Crippen molar-refractivity contribution < 1.29 is 36.2 Å². The zero-order chi connectivity index (χ0) is 14.8. The Labute approximate surface area is 102 Å². The van der Waals surface area contributed by atoms with Gasteiger partial charge in [-0.05, 0) is 12.1 Å². The highest BCUT2D eigenvalue weighted by Gasteiger charge is 2.40. The maximum atomic E-state index is 13.3. The fraction of sp³-hybridized carbons (Fsp3) is 0.300. The molecular weight excluding hydrogens is 280 g/mol. The first-order valence-electron chi connectivity index (χ1n) is 4.78. The molecule has 1 aromatic rings. The maximum Gasteiger partial charge on any atom is 0.338 e. The second-order valence-electron chi connectivity index (χ2n) is 3.51. The Bertz CT molecular complexity index is 491. The van der Waals surface area contributed by atoms with Crippen molar-refractivity contribution in [1.29, 1.82) is 0 Å². The van der Waals surface area contributed by atoms with E-state index in [9.17, 15) is 31.1 Å². The van der Waals surface area contributed by atoms with Gasteiger partial charge >= 0.3 is 18.3 Å². The van der Waals surface area contributed by atoms with Gasteiger partial charge in [0.2, 0.25) is 0 Å². The van der Waals surface area contributed by atoms with Crippen LogP contribution in [0.1, 0.15) is 10.4 Å². The van der Waals surface area contributed by atoms with Crippen LogP contribution in [0.25, 0.3) is 0 Å². The van der Waals surface area contributed by atoms with Crippen molar-refractivity contribution in [3.05, 3.63) is 29.3 Å². The van der Waals surface area contributed by atoms with Crippen LogP contribution in [0.3, 0.4) is 0 Å². The lowest BCUT2D eigenvalue weighted by Crippen LogP contribution is -2.35. The minimum atomic E-state index is -4.42. The van der Waals surface area contributed by atoms with Gasteiger partial charge in [-0.25, -0.2) is 22.4 Å². The third kappa shape index (κ3) is 3.30. The van der Waals surface area contributed by atoms with Gasteiger partial charge in [0.25, 0.3) is 0 Å². The van der Waals surface area contributed by atoms with Crippen LogP contribution in [0.15, 0.2) is 12.1 Å². The van der Waals surface area contributed by atoms with Gasteiger partial charge in [0, 0.05) is 0 Å². The summed E-state index contributed by atoms with van der Waals surface area (Å²) in [4.78, 5) is 10.4. The lowest BCUT2D eigenvalue weighted by molar-refractivity contribution is -0.117.